The summed E-state index contributed by atoms with van der Waals surface area (Å²) >= 11 is 0. The van der Waals surface area contributed by atoms with E-state index in [9.17, 15) is 4.79 Å². The van der Waals surface area contributed by atoms with Crippen LogP contribution in [0.4, 0.5) is 0 Å². The van der Waals surface area contributed by atoms with Crippen LogP contribution in [0.25, 0.3) is 0 Å². The van der Waals surface area contributed by atoms with Gasteiger partial charge in [0.05, 0.1) is 25.2 Å². The Morgan fingerprint density at radius 2 is 2.25 bits per heavy atom. The predicted molar refractivity (Wildman–Crippen MR) is 91.8 cm³/mol. The van der Waals surface area contributed by atoms with Crippen LogP contribution in [-0.2, 0) is 20.8 Å². The summed E-state index contributed by atoms with van der Waals surface area (Å²) < 4.78 is 11.3. The van der Waals surface area contributed by atoms with Crippen molar-refractivity contribution >= 4 is 5.91 Å². The molecule has 0 aliphatic carbocycles. The Kier molecular flexibility index (Phi) is 5.58. The molecule has 0 bridgehead atoms. The number of amides is 1. The molecule has 3 rings (SSSR count). The summed E-state index contributed by atoms with van der Waals surface area (Å²) in [4.78, 5) is 20.6. The molecule has 3 heterocycles. The monoisotopic (exact) mass is 335 g/mol. The summed E-state index contributed by atoms with van der Waals surface area (Å²) in [6, 6.07) is 2.13. The molecule has 2 aliphatic rings. The third-order valence-corrected chi connectivity index (χ3v) is 4.97. The van der Waals surface area contributed by atoms with E-state index in [4.69, 9.17) is 9.47 Å². The van der Waals surface area contributed by atoms with Crippen molar-refractivity contribution in [1.82, 2.24) is 14.8 Å². The Labute approximate surface area is 144 Å². The number of aromatic nitrogens is 1. The number of likely N-dealkylation sites (N-methyl/N-ethyl adjacent to an activating group) is 1. The molecule has 1 N–H and O–H groups in total. The number of nitrogens with one attached hydrogen (secondary N) is 1. The van der Waals surface area contributed by atoms with Crippen molar-refractivity contribution in [3.8, 4) is 0 Å². The number of hydrogen-bond acceptors (Lipinski definition) is 4. The minimum atomic E-state index is -0.00772. The standard InChI is InChI=1S/C18H29N3O3/c1-13-8-16(14(2)19-13)9-21(18(22)15-4-6-23-12-15)11-17-10-20(3)5-7-24-17/h8,15,17,19H,4-7,9-12H2,1-3H3. The number of ether oxygens (including phenoxy) is 2. The number of aryl methyl sites for hydroxylation is 2. The zero-order chi connectivity index (χ0) is 17.1. The molecule has 1 amide bonds. The minimum absolute atomic E-state index is 0.00772. The fourth-order valence-corrected chi connectivity index (χ4v) is 3.59. The molecule has 1 aromatic heterocycles. The first-order valence-corrected chi connectivity index (χ1v) is 8.84. The Morgan fingerprint density at radius 3 is 2.88 bits per heavy atom. The van der Waals surface area contributed by atoms with Gasteiger partial charge < -0.3 is 24.3 Å². The van der Waals surface area contributed by atoms with E-state index in [-0.39, 0.29) is 17.9 Å². The van der Waals surface area contributed by atoms with Crippen LogP contribution in [0.2, 0.25) is 0 Å². The lowest BCUT2D eigenvalue weighted by Crippen LogP contribution is -2.48. The first-order valence-electron chi connectivity index (χ1n) is 8.84. The fourth-order valence-electron chi connectivity index (χ4n) is 3.59. The molecule has 6 nitrogen and oxygen atoms in total. The van der Waals surface area contributed by atoms with Gasteiger partial charge in [-0.3, -0.25) is 4.79 Å². The van der Waals surface area contributed by atoms with Gasteiger partial charge in [-0.15, -0.1) is 0 Å². The summed E-state index contributed by atoms with van der Waals surface area (Å²) in [7, 11) is 2.10. The molecule has 2 atom stereocenters. The van der Waals surface area contributed by atoms with Crippen molar-refractivity contribution in [3.63, 3.8) is 0 Å². The molecule has 24 heavy (non-hydrogen) atoms. The lowest BCUT2D eigenvalue weighted by Gasteiger charge is -2.34. The predicted octanol–water partition coefficient (Wildman–Crippen LogP) is 1.33. The Bertz CT molecular complexity index is 566. The quantitative estimate of drug-likeness (QED) is 0.882. The lowest BCUT2D eigenvalue weighted by atomic mass is 10.1. The number of aromatic amines is 1. The van der Waals surface area contributed by atoms with E-state index in [2.05, 4.69) is 29.9 Å². The van der Waals surface area contributed by atoms with Gasteiger partial charge in [0.1, 0.15) is 0 Å². The van der Waals surface area contributed by atoms with Crippen LogP contribution >= 0.6 is 0 Å². The summed E-state index contributed by atoms with van der Waals surface area (Å²) in [6.07, 6.45) is 0.904. The van der Waals surface area contributed by atoms with Gasteiger partial charge in [-0.2, -0.15) is 0 Å². The molecule has 1 aromatic rings. The zero-order valence-electron chi connectivity index (χ0n) is 15.0. The van der Waals surface area contributed by atoms with E-state index in [1.165, 1.54) is 5.56 Å². The maximum atomic E-state index is 13.0. The van der Waals surface area contributed by atoms with Gasteiger partial charge in [-0.25, -0.2) is 0 Å². The van der Waals surface area contributed by atoms with Gasteiger partial charge in [-0.1, -0.05) is 0 Å². The maximum Gasteiger partial charge on any atom is 0.228 e. The number of carbonyl (C=O) groups is 1. The Balaban J connectivity index is 1.72. The van der Waals surface area contributed by atoms with Crippen LogP contribution in [0.15, 0.2) is 6.07 Å². The Hall–Kier alpha value is -1.37. The van der Waals surface area contributed by atoms with Crippen molar-refractivity contribution in [2.75, 3.05) is 46.5 Å². The van der Waals surface area contributed by atoms with E-state index >= 15 is 0 Å². The molecule has 2 fully saturated rings. The van der Waals surface area contributed by atoms with E-state index in [0.29, 0.717) is 26.3 Å². The largest absolute Gasteiger partial charge is 0.381 e. The molecule has 0 saturated carbocycles. The van der Waals surface area contributed by atoms with E-state index < -0.39 is 0 Å². The number of morpholine rings is 1. The highest BCUT2D eigenvalue weighted by Crippen LogP contribution is 2.20. The van der Waals surface area contributed by atoms with E-state index in [0.717, 1.165) is 37.5 Å². The number of carbonyl (C=O) groups excluding carboxylic acids is 1. The van der Waals surface area contributed by atoms with Gasteiger partial charge in [0.15, 0.2) is 0 Å². The topological polar surface area (TPSA) is 57.8 Å². The van der Waals surface area contributed by atoms with Gasteiger partial charge >= 0.3 is 0 Å². The molecule has 2 aliphatic heterocycles. The van der Waals surface area contributed by atoms with Crippen molar-refractivity contribution in [2.24, 2.45) is 5.92 Å². The van der Waals surface area contributed by atoms with Crippen LogP contribution in [0.1, 0.15) is 23.4 Å². The summed E-state index contributed by atoms with van der Waals surface area (Å²) in [5.41, 5.74) is 3.45. The minimum Gasteiger partial charge on any atom is -0.381 e. The van der Waals surface area contributed by atoms with Crippen LogP contribution in [0, 0.1) is 19.8 Å². The second-order valence-corrected chi connectivity index (χ2v) is 7.14. The van der Waals surface area contributed by atoms with Crippen LogP contribution in [0.3, 0.4) is 0 Å². The number of rotatable bonds is 5. The summed E-state index contributed by atoms with van der Waals surface area (Å²) in [5, 5.41) is 0. The summed E-state index contributed by atoms with van der Waals surface area (Å²) in [5.74, 6) is 0.189. The van der Waals surface area contributed by atoms with Crippen LogP contribution < -0.4 is 0 Å². The second-order valence-electron chi connectivity index (χ2n) is 7.14. The van der Waals surface area contributed by atoms with Crippen molar-refractivity contribution in [2.45, 2.75) is 32.9 Å². The highest BCUT2D eigenvalue weighted by molar-refractivity contribution is 5.79. The molecule has 2 unspecified atom stereocenters. The molecular formula is C18H29N3O3. The van der Waals surface area contributed by atoms with E-state index in [1.807, 2.05) is 11.8 Å². The smallest absolute Gasteiger partial charge is 0.228 e. The average Bonchev–Trinajstić information content (AvgIpc) is 3.16. The first kappa shape index (κ1) is 17.5. The van der Waals surface area contributed by atoms with Gasteiger partial charge in [0.25, 0.3) is 0 Å². The molecule has 134 valence electrons. The highest BCUT2D eigenvalue weighted by Gasteiger charge is 2.31. The molecule has 0 spiro atoms. The zero-order valence-corrected chi connectivity index (χ0v) is 15.0. The third-order valence-electron chi connectivity index (χ3n) is 4.97. The second kappa shape index (κ2) is 7.68. The highest BCUT2D eigenvalue weighted by atomic mass is 16.5. The van der Waals surface area contributed by atoms with Crippen LogP contribution in [-0.4, -0.2) is 73.3 Å². The first-order chi connectivity index (χ1) is 11.5. The SMILES string of the molecule is Cc1cc(CN(CC2CN(C)CCO2)C(=O)C2CCOC2)c(C)[nH]1. The van der Waals surface area contributed by atoms with Gasteiger partial charge in [-0.05, 0) is 38.9 Å². The molecule has 0 aromatic carbocycles. The maximum absolute atomic E-state index is 13.0. The van der Waals surface area contributed by atoms with E-state index in [1.54, 1.807) is 0 Å². The summed E-state index contributed by atoms with van der Waals surface area (Å²) in [6.45, 7) is 9.19. The van der Waals surface area contributed by atoms with Gasteiger partial charge in [0, 0.05) is 44.2 Å². The number of nitrogens with zero attached hydrogens (tertiary/aromatic N) is 2. The molecule has 0 radical (unpaired) electrons. The van der Waals surface area contributed by atoms with Crippen LogP contribution in [0.5, 0.6) is 0 Å². The molecular weight excluding hydrogens is 306 g/mol. The van der Waals surface area contributed by atoms with Gasteiger partial charge in [0.2, 0.25) is 5.91 Å². The fraction of sp³-hybridized carbons (Fsp3) is 0.722. The number of hydrogen-bond donors (Lipinski definition) is 1. The molecule has 6 heteroatoms. The average molecular weight is 335 g/mol. The third kappa shape index (κ3) is 4.18. The lowest BCUT2D eigenvalue weighted by molar-refractivity contribution is -0.139. The molecule has 2 saturated heterocycles. The van der Waals surface area contributed by atoms with Crippen molar-refractivity contribution in [3.05, 3.63) is 23.0 Å². The normalized spacial score (nSPS) is 25.1. The van der Waals surface area contributed by atoms with Crippen molar-refractivity contribution < 1.29 is 14.3 Å². The Morgan fingerprint density at radius 1 is 1.42 bits per heavy atom. The number of H-pyrrole nitrogens is 1. The van der Waals surface area contributed by atoms with Crippen molar-refractivity contribution in [1.29, 1.82) is 0 Å².